The highest BCUT2D eigenvalue weighted by atomic mass is 28.2. The van der Waals surface area contributed by atoms with Gasteiger partial charge in [-0.1, -0.05) is 26.2 Å². The average Bonchev–Trinajstić information content (AvgIpc) is 2.45. The number of ether oxygens (including phenoxy) is 3. The van der Waals surface area contributed by atoms with Crippen molar-refractivity contribution in [2.45, 2.75) is 65.3 Å². The van der Waals surface area contributed by atoms with Gasteiger partial charge in [0.15, 0.2) is 0 Å². The van der Waals surface area contributed by atoms with Gasteiger partial charge in [0.1, 0.15) is 6.10 Å². The van der Waals surface area contributed by atoms with Gasteiger partial charge in [-0.2, -0.15) is 0 Å². The highest BCUT2D eigenvalue weighted by molar-refractivity contribution is 6.69. The van der Waals surface area contributed by atoms with E-state index in [0.29, 0.717) is 26.2 Å². The first-order valence-corrected chi connectivity index (χ1v) is 8.41. The highest BCUT2D eigenvalue weighted by Crippen LogP contribution is 2.27. The minimum absolute atomic E-state index is 0.327. The lowest BCUT2D eigenvalue weighted by atomic mass is 10.0. The van der Waals surface area contributed by atoms with Crippen LogP contribution in [0.1, 0.15) is 53.4 Å². The third-order valence-electron chi connectivity index (χ3n) is 3.00. The van der Waals surface area contributed by atoms with Gasteiger partial charge in [0.2, 0.25) is 5.41 Å². The van der Waals surface area contributed by atoms with Crippen molar-refractivity contribution in [2.24, 2.45) is 0 Å². The summed E-state index contributed by atoms with van der Waals surface area (Å²) in [6, 6.07) is 0. The van der Waals surface area contributed by atoms with Crippen LogP contribution in [0.2, 0.25) is 0 Å². The number of carbonyl (C=O) groups is 1. The first-order valence-electron chi connectivity index (χ1n) is 7.46. The smallest absolute Gasteiger partial charge is 0.320 e. The van der Waals surface area contributed by atoms with Crippen molar-refractivity contribution < 1.29 is 23.8 Å². The first-order chi connectivity index (χ1) is 9.62. The SMILES string of the molecule is CCCCCC(OCC)C(OCC)(OCC)C(=O)[Si]O. The molecule has 118 valence electrons. The fraction of sp³-hybridized carbons (Fsp3) is 0.929. The molecule has 0 heterocycles. The maximum atomic E-state index is 12.2. The Morgan fingerprint density at radius 3 is 2.10 bits per heavy atom. The summed E-state index contributed by atoms with van der Waals surface area (Å²) in [5, 5.41) is -0.448. The van der Waals surface area contributed by atoms with Crippen LogP contribution in [0.15, 0.2) is 0 Å². The van der Waals surface area contributed by atoms with E-state index in [1.165, 1.54) is 0 Å². The van der Waals surface area contributed by atoms with Crippen molar-refractivity contribution >= 4 is 15.2 Å². The van der Waals surface area contributed by atoms with E-state index >= 15 is 0 Å². The minimum Gasteiger partial charge on any atom is -0.425 e. The second-order valence-corrected chi connectivity index (χ2v) is 5.09. The summed E-state index contributed by atoms with van der Waals surface area (Å²) in [6.45, 7) is 8.73. The molecule has 0 rings (SSSR count). The second kappa shape index (κ2) is 11.4. The zero-order chi connectivity index (χ0) is 15.4. The summed E-state index contributed by atoms with van der Waals surface area (Å²) in [5.74, 6) is -1.47. The second-order valence-electron chi connectivity index (χ2n) is 4.41. The number of hydrogen-bond donors (Lipinski definition) is 1. The number of hydrogen-bond acceptors (Lipinski definition) is 5. The third-order valence-corrected chi connectivity index (χ3v) is 3.55. The molecule has 20 heavy (non-hydrogen) atoms. The van der Waals surface area contributed by atoms with Crippen LogP contribution in [0.3, 0.4) is 0 Å². The first kappa shape index (κ1) is 19.7. The van der Waals surface area contributed by atoms with Crippen molar-refractivity contribution in [1.82, 2.24) is 0 Å². The molecule has 6 heteroatoms. The van der Waals surface area contributed by atoms with E-state index in [4.69, 9.17) is 14.2 Å². The van der Waals surface area contributed by atoms with Gasteiger partial charge in [0.25, 0.3) is 5.79 Å². The van der Waals surface area contributed by atoms with E-state index in [1.807, 2.05) is 6.92 Å². The molecule has 2 radical (unpaired) electrons. The molecular formula is C14H28O5Si. The van der Waals surface area contributed by atoms with E-state index in [-0.39, 0.29) is 0 Å². The molecule has 0 aromatic rings. The van der Waals surface area contributed by atoms with Crippen molar-refractivity contribution in [1.29, 1.82) is 0 Å². The maximum Gasteiger partial charge on any atom is 0.320 e. The van der Waals surface area contributed by atoms with Crippen molar-refractivity contribution in [3.63, 3.8) is 0 Å². The van der Waals surface area contributed by atoms with Gasteiger partial charge in [0, 0.05) is 19.8 Å². The molecule has 0 spiro atoms. The summed E-state index contributed by atoms with van der Waals surface area (Å²) in [5.41, 5.74) is 0. The van der Waals surface area contributed by atoms with E-state index in [2.05, 4.69) is 6.92 Å². The van der Waals surface area contributed by atoms with Gasteiger partial charge < -0.3 is 19.0 Å². The molecule has 1 atom stereocenters. The lowest BCUT2D eigenvalue weighted by Gasteiger charge is -2.37. The van der Waals surface area contributed by atoms with Gasteiger partial charge in [0.05, 0.1) is 0 Å². The molecular weight excluding hydrogens is 276 g/mol. The zero-order valence-corrected chi connectivity index (χ0v) is 14.1. The van der Waals surface area contributed by atoms with Crippen molar-refractivity contribution in [3.05, 3.63) is 0 Å². The summed E-state index contributed by atoms with van der Waals surface area (Å²) in [6.07, 6.45) is 3.28. The normalized spacial score (nSPS) is 13.4. The van der Waals surface area contributed by atoms with Crippen LogP contribution in [-0.4, -0.2) is 51.7 Å². The van der Waals surface area contributed by atoms with Crippen molar-refractivity contribution in [2.75, 3.05) is 19.8 Å². The van der Waals surface area contributed by atoms with Gasteiger partial charge in [-0.15, -0.1) is 0 Å². The molecule has 1 unspecified atom stereocenters. The third kappa shape index (κ3) is 5.61. The lowest BCUT2D eigenvalue weighted by Crippen LogP contribution is -2.57. The van der Waals surface area contributed by atoms with Crippen LogP contribution in [0.25, 0.3) is 0 Å². The highest BCUT2D eigenvalue weighted by Gasteiger charge is 2.48. The van der Waals surface area contributed by atoms with Crippen LogP contribution in [0.5, 0.6) is 0 Å². The van der Waals surface area contributed by atoms with E-state index in [1.54, 1.807) is 13.8 Å². The molecule has 0 aliphatic rings. The quantitative estimate of drug-likeness (QED) is 0.320. The molecule has 0 aromatic carbocycles. The van der Waals surface area contributed by atoms with Crippen LogP contribution in [0.4, 0.5) is 0 Å². The van der Waals surface area contributed by atoms with Crippen LogP contribution in [-0.2, 0) is 19.0 Å². The van der Waals surface area contributed by atoms with Crippen LogP contribution in [0, 0.1) is 0 Å². The van der Waals surface area contributed by atoms with Crippen LogP contribution < -0.4 is 0 Å². The Morgan fingerprint density at radius 2 is 1.70 bits per heavy atom. The lowest BCUT2D eigenvalue weighted by molar-refractivity contribution is -0.268. The number of rotatable bonds is 13. The van der Waals surface area contributed by atoms with E-state index < -0.39 is 27.1 Å². The molecule has 0 aromatic heterocycles. The molecule has 0 saturated heterocycles. The predicted molar refractivity (Wildman–Crippen MR) is 78.5 cm³/mol. The Balaban J connectivity index is 5.17. The van der Waals surface area contributed by atoms with Crippen LogP contribution >= 0.6 is 0 Å². The topological polar surface area (TPSA) is 65.0 Å². The Labute approximate surface area is 124 Å². The number of carbonyl (C=O) groups excluding carboxylic acids is 1. The Kier molecular flexibility index (Phi) is 11.2. The van der Waals surface area contributed by atoms with Gasteiger partial charge >= 0.3 is 9.76 Å². The fourth-order valence-electron chi connectivity index (χ4n) is 2.18. The Morgan fingerprint density at radius 1 is 1.10 bits per heavy atom. The van der Waals surface area contributed by atoms with Gasteiger partial charge in [-0.05, 0) is 27.2 Å². The summed E-state index contributed by atoms with van der Waals surface area (Å²) in [4.78, 5) is 21.5. The predicted octanol–water partition coefficient (Wildman–Crippen LogP) is 1.88. The largest absolute Gasteiger partial charge is 0.425 e. The van der Waals surface area contributed by atoms with E-state index in [0.717, 1.165) is 19.3 Å². The molecule has 0 aliphatic carbocycles. The molecule has 0 aliphatic heterocycles. The fourth-order valence-corrected chi connectivity index (χ4v) is 2.64. The van der Waals surface area contributed by atoms with Gasteiger partial charge in [-0.3, -0.25) is 4.79 Å². The van der Waals surface area contributed by atoms with Crippen molar-refractivity contribution in [3.8, 4) is 0 Å². The monoisotopic (exact) mass is 304 g/mol. The molecule has 0 bridgehead atoms. The molecule has 5 nitrogen and oxygen atoms in total. The number of unbranched alkanes of at least 4 members (excludes halogenated alkanes) is 2. The molecule has 0 amide bonds. The molecule has 1 N–H and O–H groups in total. The standard InChI is InChI=1S/C14H28O5Si/c1-5-9-10-11-12(17-6-2)14(18-7-3,19-8-4)13(15)20-16/h12,16H,5-11H2,1-4H3. The Bertz CT molecular complexity index is 254. The average molecular weight is 304 g/mol. The summed E-state index contributed by atoms with van der Waals surface area (Å²) < 4.78 is 16.9. The van der Waals surface area contributed by atoms with E-state index in [9.17, 15) is 9.59 Å². The Hall–Kier alpha value is -0.273. The zero-order valence-electron chi connectivity index (χ0n) is 13.1. The molecule has 0 fully saturated rings. The summed E-state index contributed by atoms with van der Waals surface area (Å²) >= 11 is 0. The summed E-state index contributed by atoms with van der Waals surface area (Å²) in [7, 11) is -0.864. The minimum atomic E-state index is -1.47. The van der Waals surface area contributed by atoms with Gasteiger partial charge in [-0.25, -0.2) is 0 Å². The maximum absolute atomic E-state index is 12.2. The molecule has 0 saturated carbocycles.